The summed E-state index contributed by atoms with van der Waals surface area (Å²) in [6, 6.07) is 5.63. The zero-order valence-electron chi connectivity index (χ0n) is 19.5. The van der Waals surface area contributed by atoms with Crippen LogP contribution in [0.1, 0.15) is 25.6 Å². The van der Waals surface area contributed by atoms with Gasteiger partial charge in [-0.1, -0.05) is 5.46 Å². The van der Waals surface area contributed by atoms with E-state index in [1.54, 1.807) is 20.4 Å². The molecule has 0 aliphatic carbocycles. The summed E-state index contributed by atoms with van der Waals surface area (Å²) < 4.78 is 30.8. The predicted molar refractivity (Wildman–Crippen MR) is 125 cm³/mol. The molecule has 2 radical (unpaired) electrons. The Hall–Kier alpha value is -2.86. The third-order valence-corrected chi connectivity index (χ3v) is 6.16. The maximum absolute atomic E-state index is 9.82. The number of methoxy groups -OCH3 is 2. The fraction of sp³-hybridized carbons (Fsp3) is 0.478. The van der Waals surface area contributed by atoms with Crippen molar-refractivity contribution in [1.29, 1.82) is 0 Å². The number of nitrogens with one attached hydrogen (secondary N) is 1. The summed E-state index contributed by atoms with van der Waals surface area (Å²) >= 11 is 0. The van der Waals surface area contributed by atoms with Gasteiger partial charge in [-0.2, -0.15) is 0 Å². The highest BCUT2D eigenvalue weighted by Crippen LogP contribution is 2.43. The van der Waals surface area contributed by atoms with E-state index in [1.807, 2.05) is 36.6 Å². The van der Waals surface area contributed by atoms with Crippen LogP contribution in [0.4, 0.5) is 5.82 Å². The van der Waals surface area contributed by atoms with Crippen molar-refractivity contribution >= 4 is 30.2 Å². The molecule has 0 spiro atoms. The van der Waals surface area contributed by atoms with E-state index >= 15 is 0 Å². The van der Waals surface area contributed by atoms with Crippen LogP contribution in [0.5, 0.6) is 11.5 Å². The molecule has 11 heteroatoms. The number of aliphatic hydroxyl groups excluding tert-OH is 1. The first-order chi connectivity index (χ1) is 16.3. The molecule has 2 saturated heterocycles. The molecule has 0 bridgehead atoms. The number of hydrogen-bond donors (Lipinski definition) is 2. The van der Waals surface area contributed by atoms with Gasteiger partial charge in [0, 0.05) is 24.4 Å². The molecule has 34 heavy (non-hydrogen) atoms. The van der Waals surface area contributed by atoms with Crippen molar-refractivity contribution in [3.63, 3.8) is 0 Å². The van der Waals surface area contributed by atoms with Crippen molar-refractivity contribution in [1.82, 2.24) is 14.5 Å². The van der Waals surface area contributed by atoms with Crippen LogP contribution < -0.4 is 20.3 Å². The van der Waals surface area contributed by atoms with E-state index in [-0.39, 0.29) is 6.61 Å². The Labute approximate surface area is 198 Å². The summed E-state index contributed by atoms with van der Waals surface area (Å²) in [4.78, 5) is 8.89. The topological polar surface area (TPSA) is 109 Å². The van der Waals surface area contributed by atoms with Crippen molar-refractivity contribution in [2.45, 2.75) is 50.7 Å². The van der Waals surface area contributed by atoms with Gasteiger partial charge in [-0.05, 0) is 26.0 Å². The lowest BCUT2D eigenvalue weighted by Crippen LogP contribution is -2.31. The van der Waals surface area contributed by atoms with Gasteiger partial charge in [-0.3, -0.25) is 0 Å². The van der Waals surface area contributed by atoms with Gasteiger partial charge >= 0.3 is 0 Å². The smallest absolute Gasteiger partial charge is 0.164 e. The normalized spacial score (nSPS) is 25.4. The zero-order valence-corrected chi connectivity index (χ0v) is 19.5. The van der Waals surface area contributed by atoms with Crippen LogP contribution in [0.2, 0.25) is 0 Å². The molecule has 5 rings (SSSR count). The Bertz CT molecular complexity index is 1200. The van der Waals surface area contributed by atoms with Crippen LogP contribution in [0, 0.1) is 0 Å². The van der Waals surface area contributed by atoms with E-state index < -0.39 is 30.3 Å². The largest absolute Gasteiger partial charge is 0.497 e. The SMILES string of the molecule is [B]c1cn([C@@H]2O[C@H](CO)[C@H]3OC(C)(C)O[C@H]32)c2ncnc(NCc3ccc(OC)cc3OC)c12. The molecule has 2 aliphatic heterocycles. The number of ether oxygens (including phenoxy) is 5. The molecule has 0 saturated carbocycles. The second-order valence-electron chi connectivity index (χ2n) is 8.76. The van der Waals surface area contributed by atoms with E-state index in [1.165, 1.54) is 6.33 Å². The maximum Gasteiger partial charge on any atom is 0.164 e. The summed E-state index contributed by atoms with van der Waals surface area (Å²) in [6.45, 7) is 3.96. The second kappa shape index (κ2) is 8.73. The molecule has 4 atom stereocenters. The number of rotatable bonds is 7. The van der Waals surface area contributed by atoms with Crippen molar-refractivity contribution in [2.24, 2.45) is 0 Å². The molecule has 2 aliphatic rings. The quantitative estimate of drug-likeness (QED) is 0.498. The van der Waals surface area contributed by atoms with Crippen LogP contribution in [0.25, 0.3) is 11.0 Å². The average Bonchev–Trinajstić information content (AvgIpc) is 3.45. The number of anilines is 1. The van der Waals surface area contributed by atoms with Crippen molar-refractivity contribution in [3.8, 4) is 11.5 Å². The molecule has 0 amide bonds. The van der Waals surface area contributed by atoms with E-state index in [0.717, 1.165) is 5.56 Å². The first-order valence-electron chi connectivity index (χ1n) is 11.0. The van der Waals surface area contributed by atoms with Crippen molar-refractivity contribution < 1.29 is 28.8 Å². The van der Waals surface area contributed by atoms with Gasteiger partial charge in [0.1, 0.15) is 55.4 Å². The van der Waals surface area contributed by atoms with Crippen LogP contribution in [0.15, 0.2) is 30.7 Å². The Morgan fingerprint density at radius 3 is 2.71 bits per heavy atom. The van der Waals surface area contributed by atoms with Gasteiger partial charge in [0.15, 0.2) is 12.0 Å². The number of hydrogen-bond acceptors (Lipinski definition) is 9. The minimum atomic E-state index is -0.779. The molecular weight excluding hydrogens is 439 g/mol. The van der Waals surface area contributed by atoms with E-state index in [0.29, 0.717) is 40.4 Å². The van der Waals surface area contributed by atoms with Gasteiger partial charge in [0.05, 0.1) is 26.2 Å². The summed E-state index contributed by atoms with van der Waals surface area (Å²) in [5.74, 6) is 1.21. The number of fused-ring (bicyclic) bond motifs is 2. The third-order valence-electron chi connectivity index (χ3n) is 6.16. The van der Waals surface area contributed by atoms with Gasteiger partial charge in [-0.25, -0.2) is 9.97 Å². The summed E-state index contributed by atoms with van der Waals surface area (Å²) in [5, 5.41) is 13.8. The van der Waals surface area contributed by atoms with Crippen LogP contribution in [-0.4, -0.2) is 72.4 Å². The highest BCUT2D eigenvalue weighted by molar-refractivity contribution is 6.39. The van der Waals surface area contributed by atoms with Gasteiger partial charge in [-0.15, -0.1) is 0 Å². The number of aromatic nitrogens is 3. The fourth-order valence-corrected chi connectivity index (χ4v) is 4.65. The molecule has 4 heterocycles. The monoisotopic (exact) mass is 466 g/mol. The minimum Gasteiger partial charge on any atom is -0.497 e. The van der Waals surface area contributed by atoms with Crippen molar-refractivity contribution in [2.75, 3.05) is 26.1 Å². The zero-order chi connectivity index (χ0) is 24.0. The Morgan fingerprint density at radius 2 is 1.97 bits per heavy atom. The summed E-state index contributed by atoms with van der Waals surface area (Å²) in [6.07, 6.45) is 1.33. The van der Waals surface area contributed by atoms with E-state index in [4.69, 9.17) is 31.5 Å². The van der Waals surface area contributed by atoms with Crippen molar-refractivity contribution in [3.05, 3.63) is 36.3 Å². The van der Waals surface area contributed by atoms with Gasteiger partial charge < -0.3 is 38.7 Å². The lowest BCUT2D eigenvalue weighted by molar-refractivity contribution is -0.199. The molecule has 2 fully saturated rings. The highest BCUT2D eigenvalue weighted by atomic mass is 16.8. The Balaban J connectivity index is 1.46. The molecule has 1 aromatic carbocycles. The molecule has 10 nitrogen and oxygen atoms in total. The minimum absolute atomic E-state index is 0.183. The molecule has 2 aromatic heterocycles. The molecule has 3 aromatic rings. The third kappa shape index (κ3) is 3.88. The number of aliphatic hydroxyl groups is 1. The highest BCUT2D eigenvalue weighted by Gasteiger charge is 2.55. The standard InChI is InChI=1S/C23H27BN4O6/c1-23(2)33-18-16(10-29)32-22(19(18)34-23)28-9-14(24)17-20(26-11-27-21(17)28)25-8-12-5-6-13(30-3)7-15(12)31-4/h5-7,9,11,16,18-19,22,29H,8,10H2,1-4H3,(H,25,26,27)/t16-,18-,19-,22-/m1/s1. The van der Waals surface area contributed by atoms with E-state index in [9.17, 15) is 5.11 Å². The van der Waals surface area contributed by atoms with Crippen LogP contribution >= 0.6 is 0 Å². The average molecular weight is 466 g/mol. The summed E-state index contributed by atoms with van der Waals surface area (Å²) in [5.41, 5.74) is 2.01. The molecular formula is C23H27BN4O6. The molecule has 2 N–H and O–H groups in total. The second-order valence-corrected chi connectivity index (χ2v) is 8.76. The molecule has 0 unspecified atom stereocenters. The maximum atomic E-state index is 9.82. The van der Waals surface area contributed by atoms with Gasteiger partial charge in [0.2, 0.25) is 0 Å². The van der Waals surface area contributed by atoms with Crippen LogP contribution in [0.3, 0.4) is 0 Å². The first-order valence-corrected chi connectivity index (χ1v) is 11.0. The van der Waals surface area contributed by atoms with Crippen LogP contribution in [-0.2, 0) is 20.8 Å². The lowest BCUT2D eigenvalue weighted by atomic mass is 9.97. The summed E-state index contributed by atoms with van der Waals surface area (Å²) in [7, 11) is 9.63. The Kier molecular flexibility index (Phi) is 5.89. The lowest BCUT2D eigenvalue weighted by Gasteiger charge is -2.24. The van der Waals surface area contributed by atoms with Gasteiger partial charge in [0.25, 0.3) is 0 Å². The first kappa shape index (κ1) is 22.9. The predicted octanol–water partition coefficient (Wildman–Crippen LogP) is 1.26. The fourth-order valence-electron chi connectivity index (χ4n) is 4.65. The number of nitrogens with zero attached hydrogens (tertiary/aromatic N) is 3. The van der Waals surface area contributed by atoms with E-state index in [2.05, 4.69) is 15.3 Å². The number of benzene rings is 1. The molecule has 178 valence electrons. The Morgan fingerprint density at radius 1 is 1.18 bits per heavy atom.